The molecule has 0 fully saturated rings. The Hall–Kier alpha value is -3.65. The number of benzene rings is 3. The van der Waals surface area contributed by atoms with Gasteiger partial charge >= 0.3 is 0 Å². The van der Waals surface area contributed by atoms with Gasteiger partial charge in [0.2, 0.25) is 10.0 Å². The van der Waals surface area contributed by atoms with E-state index < -0.39 is 38.1 Å². The van der Waals surface area contributed by atoms with Crippen molar-refractivity contribution < 1.29 is 36.2 Å². The summed E-state index contributed by atoms with van der Waals surface area (Å²) in [5.74, 6) is -0.102. The van der Waals surface area contributed by atoms with Crippen LogP contribution in [0.15, 0.2) is 76.5 Å². The minimum absolute atomic E-state index is 0.00450. The maximum absolute atomic E-state index is 13.7. The maximum atomic E-state index is 13.7. The molecular formula is C30H37N3O8S2. The molecule has 1 heterocycles. The number of sulfonamides is 2. The summed E-state index contributed by atoms with van der Waals surface area (Å²) in [6, 6.07) is 16.2. The van der Waals surface area contributed by atoms with Crippen molar-refractivity contribution in [2.45, 2.75) is 42.7 Å². The number of carbonyl (C=O) groups excluding carboxylic acids is 1. The van der Waals surface area contributed by atoms with Gasteiger partial charge in [0.25, 0.3) is 15.9 Å². The van der Waals surface area contributed by atoms with Crippen molar-refractivity contribution in [1.82, 2.24) is 9.21 Å². The molecule has 1 amide bonds. The number of hydrogen-bond acceptors (Lipinski definition) is 8. The number of ether oxygens (including phenoxy) is 2. The smallest absolute Gasteiger partial charge is 0.261 e. The lowest BCUT2D eigenvalue weighted by molar-refractivity contribution is 0.0387. The first-order chi connectivity index (χ1) is 20.3. The third-order valence-corrected chi connectivity index (χ3v) is 10.7. The van der Waals surface area contributed by atoms with Gasteiger partial charge in [-0.3, -0.25) is 9.52 Å². The predicted octanol–water partition coefficient (Wildman–Crippen LogP) is 3.35. The molecule has 1 aliphatic heterocycles. The Morgan fingerprint density at radius 2 is 1.67 bits per heavy atom. The SMILES string of the molecule is COc1ccc(S(=O)(=O)Nc2ccc3c(c2)C(=O)N([C@@H](C)CO)C[C@H](C)[C@H](CN(C)S(=O)(=O)c2ccc(C)cc2)O3)cc1. The van der Waals surface area contributed by atoms with E-state index in [1.54, 1.807) is 31.2 Å². The number of methoxy groups -OCH3 is 1. The van der Waals surface area contributed by atoms with Crippen molar-refractivity contribution in [2.24, 2.45) is 5.92 Å². The molecule has 43 heavy (non-hydrogen) atoms. The van der Waals surface area contributed by atoms with Crippen LogP contribution >= 0.6 is 0 Å². The van der Waals surface area contributed by atoms with Crippen LogP contribution in [0, 0.1) is 12.8 Å². The highest BCUT2D eigenvalue weighted by atomic mass is 32.2. The molecule has 3 aromatic rings. The number of rotatable bonds is 10. The van der Waals surface area contributed by atoms with Crippen LogP contribution in [-0.4, -0.2) is 83.1 Å². The van der Waals surface area contributed by atoms with Crippen LogP contribution in [0.1, 0.15) is 29.8 Å². The van der Waals surface area contributed by atoms with E-state index in [1.165, 1.54) is 65.8 Å². The van der Waals surface area contributed by atoms with E-state index in [-0.39, 0.29) is 52.4 Å². The first-order valence-electron chi connectivity index (χ1n) is 13.7. The predicted molar refractivity (Wildman–Crippen MR) is 162 cm³/mol. The minimum Gasteiger partial charge on any atom is -0.497 e. The van der Waals surface area contributed by atoms with Gasteiger partial charge in [-0.1, -0.05) is 24.6 Å². The van der Waals surface area contributed by atoms with Crippen LogP contribution in [0.3, 0.4) is 0 Å². The number of nitrogens with zero attached hydrogens (tertiary/aromatic N) is 2. The highest BCUT2D eigenvalue weighted by Gasteiger charge is 2.35. The third kappa shape index (κ3) is 7.12. The number of aliphatic hydroxyl groups is 1. The number of likely N-dealkylation sites (N-methyl/N-ethyl adjacent to an activating group) is 1. The number of nitrogens with one attached hydrogen (secondary N) is 1. The standard InChI is InChI=1S/C30H37N3O8S2/c1-20-6-11-26(12-7-20)43(38,39)32(4)18-29-21(2)17-33(22(3)19-34)30(35)27-16-23(8-15-28(27)41-29)31-42(36,37)25-13-9-24(40-5)10-14-25/h6-16,21-22,29,31,34H,17-19H2,1-5H3/t21-,22-,29-/m0/s1. The molecule has 0 bridgehead atoms. The molecular weight excluding hydrogens is 594 g/mol. The number of amides is 1. The molecule has 1 aliphatic rings. The molecule has 13 heteroatoms. The van der Waals surface area contributed by atoms with Crippen molar-refractivity contribution in [3.8, 4) is 11.5 Å². The average Bonchev–Trinajstić information content (AvgIpc) is 2.98. The van der Waals surface area contributed by atoms with Gasteiger partial charge in [0.05, 0.1) is 41.7 Å². The summed E-state index contributed by atoms with van der Waals surface area (Å²) in [7, 11) is -4.88. The zero-order chi connectivity index (χ0) is 31.5. The van der Waals surface area contributed by atoms with E-state index in [4.69, 9.17) is 9.47 Å². The molecule has 2 N–H and O–H groups in total. The molecule has 0 radical (unpaired) electrons. The summed E-state index contributed by atoms with van der Waals surface area (Å²) in [4.78, 5) is 15.4. The Labute approximate surface area is 253 Å². The fourth-order valence-electron chi connectivity index (χ4n) is 4.71. The zero-order valence-electron chi connectivity index (χ0n) is 24.7. The molecule has 232 valence electrons. The highest BCUT2D eigenvalue weighted by Crippen LogP contribution is 2.32. The molecule has 0 saturated carbocycles. The Morgan fingerprint density at radius 3 is 2.28 bits per heavy atom. The van der Waals surface area contributed by atoms with Crippen LogP contribution in [-0.2, 0) is 20.0 Å². The van der Waals surface area contributed by atoms with E-state index in [0.29, 0.717) is 5.75 Å². The fourth-order valence-corrected chi connectivity index (χ4v) is 6.95. The van der Waals surface area contributed by atoms with Crippen LogP contribution in [0.5, 0.6) is 11.5 Å². The molecule has 0 unspecified atom stereocenters. The number of fused-ring (bicyclic) bond motifs is 1. The lowest BCUT2D eigenvalue weighted by Gasteiger charge is -2.38. The van der Waals surface area contributed by atoms with Crippen molar-refractivity contribution in [3.05, 3.63) is 77.9 Å². The van der Waals surface area contributed by atoms with Gasteiger partial charge in [0, 0.05) is 25.2 Å². The van der Waals surface area contributed by atoms with E-state index in [2.05, 4.69) is 4.72 Å². The second kappa shape index (κ2) is 12.9. The summed E-state index contributed by atoms with van der Waals surface area (Å²) >= 11 is 0. The topological polar surface area (TPSA) is 143 Å². The zero-order valence-corrected chi connectivity index (χ0v) is 26.4. The van der Waals surface area contributed by atoms with Gasteiger partial charge < -0.3 is 19.5 Å². The molecule has 0 spiro atoms. The van der Waals surface area contributed by atoms with Gasteiger partial charge in [-0.25, -0.2) is 16.8 Å². The van der Waals surface area contributed by atoms with E-state index in [9.17, 15) is 26.7 Å². The molecule has 4 rings (SSSR count). The monoisotopic (exact) mass is 631 g/mol. The third-order valence-electron chi connectivity index (χ3n) is 7.45. The molecule has 11 nitrogen and oxygen atoms in total. The number of anilines is 1. The molecule has 0 saturated heterocycles. The first-order valence-corrected chi connectivity index (χ1v) is 16.6. The first kappa shape index (κ1) is 32.3. The van der Waals surface area contributed by atoms with E-state index in [0.717, 1.165) is 5.56 Å². The van der Waals surface area contributed by atoms with Crippen LogP contribution in [0.25, 0.3) is 0 Å². The minimum atomic E-state index is -4.00. The normalized spacial score (nSPS) is 18.3. The maximum Gasteiger partial charge on any atom is 0.261 e. The van der Waals surface area contributed by atoms with Crippen molar-refractivity contribution in [3.63, 3.8) is 0 Å². The summed E-state index contributed by atoms with van der Waals surface area (Å²) in [5, 5.41) is 9.92. The number of aliphatic hydroxyl groups excluding tert-OH is 1. The summed E-state index contributed by atoms with van der Waals surface area (Å²) in [5.41, 5.74) is 1.15. The Bertz CT molecular complexity index is 1660. The molecule has 0 aliphatic carbocycles. The Balaban J connectivity index is 1.67. The van der Waals surface area contributed by atoms with Gasteiger partial charge in [-0.05, 0) is 68.4 Å². The van der Waals surface area contributed by atoms with Crippen LogP contribution < -0.4 is 14.2 Å². The Morgan fingerprint density at radius 1 is 1.05 bits per heavy atom. The van der Waals surface area contributed by atoms with Gasteiger partial charge in [-0.2, -0.15) is 4.31 Å². The lowest BCUT2D eigenvalue weighted by Crippen LogP contribution is -2.50. The summed E-state index contributed by atoms with van der Waals surface area (Å²) in [6.07, 6.45) is -0.674. The van der Waals surface area contributed by atoms with E-state index >= 15 is 0 Å². The van der Waals surface area contributed by atoms with Crippen molar-refractivity contribution in [1.29, 1.82) is 0 Å². The molecule has 3 atom stereocenters. The van der Waals surface area contributed by atoms with Gasteiger partial charge in [-0.15, -0.1) is 0 Å². The highest BCUT2D eigenvalue weighted by molar-refractivity contribution is 7.92. The Kier molecular flexibility index (Phi) is 9.70. The quantitative estimate of drug-likeness (QED) is 0.347. The second-order valence-corrected chi connectivity index (χ2v) is 14.4. The van der Waals surface area contributed by atoms with Gasteiger partial charge in [0.15, 0.2) is 0 Å². The van der Waals surface area contributed by atoms with E-state index in [1.807, 2.05) is 13.8 Å². The van der Waals surface area contributed by atoms with Gasteiger partial charge in [0.1, 0.15) is 17.6 Å². The fraction of sp³-hybridized carbons (Fsp3) is 0.367. The summed E-state index contributed by atoms with van der Waals surface area (Å²) in [6.45, 7) is 5.28. The van der Waals surface area contributed by atoms with Crippen LogP contribution in [0.4, 0.5) is 5.69 Å². The molecule has 3 aromatic carbocycles. The second-order valence-electron chi connectivity index (χ2n) is 10.7. The molecule has 0 aromatic heterocycles. The van der Waals surface area contributed by atoms with Crippen LogP contribution in [0.2, 0.25) is 0 Å². The average molecular weight is 632 g/mol. The largest absolute Gasteiger partial charge is 0.497 e. The van der Waals surface area contributed by atoms with Crippen molar-refractivity contribution >= 4 is 31.6 Å². The number of carbonyl (C=O) groups is 1. The number of hydrogen-bond donors (Lipinski definition) is 2. The lowest BCUT2D eigenvalue weighted by atomic mass is 9.99. The number of aryl methyl sites for hydroxylation is 1. The summed E-state index contributed by atoms with van der Waals surface area (Å²) < 4.78 is 67.9. The van der Waals surface area contributed by atoms with Crippen molar-refractivity contribution in [2.75, 3.05) is 38.6 Å².